The van der Waals surface area contributed by atoms with E-state index in [9.17, 15) is 22.0 Å². The standard InChI is InChI=1S/C29H31F2N5O5S/c1-18-7-8-22(14-23(18)31)42(38,39)34-28-27-24(12-21(30)13-26(27)40-3)36(33-28)16-20-6-4-5-19(11-20)15-32-29(37)25-17-41-10-9-35(25)2/h4-8,11-14,25H,9-10,15-17H2,1-3H3,(H,32,37)(H,33,34). The maximum absolute atomic E-state index is 14.6. The Labute approximate surface area is 242 Å². The average molecular weight is 600 g/mol. The molecule has 0 aliphatic carbocycles. The molecule has 1 fully saturated rings. The molecule has 1 unspecified atom stereocenters. The number of ether oxygens (including phenoxy) is 2. The van der Waals surface area contributed by atoms with Gasteiger partial charge < -0.3 is 14.8 Å². The number of hydrogen-bond acceptors (Lipinski definition) is 7. The number of amides is 1. The number of hydrogen-bond donors (Lipinski definition) is 2. The fourth-order valence-corrected chi connectivity index (χ4v) is 5.82. The SMILES string of the molecule is COc1cc(F)cc2c1c(NS(=O)(=O)c1ccc(C)c(F)c1)nn2Cc1cccc(CNC(=O)C2COCCN2C)c1. The van der Waals surface area contributed by atoms with E-state index in [-0.39, 0.29) is 46.9 Å². The first-order valence-electron chi connectivity index (χ1n) is 13.2. The molecule has 0 radical (unpaired) electrons. The zero-order valence-corrected chi connectivity index (χ0v) is 24.2. The summed E-state index contributed by atoms with van der Waals surface area (Å²) in [6.45, 7) is 3.58. The number of nitrogens with zero attached hydrogens (tertiary/aromatic N) is 3. The molecule has 5 rings (SSSR count). The number of fused-ring (bicyclic) bond motifs is 1. The van der Waals surface area contributed by atoms with E-state index in [4.69, 9.17) is 9.47 Å². The Balaban J connectivity index is 1.42. The number of aromatic nitrogens is 2. The second-order valence-corrected chi connectivity index (χ2v) is 11.8. The molecule has 3 aromatic carbocycles. The van der Waals surface area contributed by atoms with Gasteiger partial charge in [-0.1, -0.05) is 30.3 Å². The lowest BCUT2D eigenvalue weighted by Crippen LogP contribution is -2.51. The molecule has 0 spiro atoms. The van der Waals surface area contributed by atoms with Crippen molar-refractivity contribution in [2.75, 3.05) is 38.6 Å². The molecule has 1 saturated heterocycles. The number of benzene rings is 3. The van der Waals surface area contributed by atoms with Gasteiger partial charge >= 0.3 is 0 Å². The topological polar surface area (TPSA) is 115 Å². The van der Waals surface area contributed by atoms with Gasteiger partial charge in [0, 0.05) is 25.2 Å². The number of morpholine rings is 1. The zero-order chi connectivity index (χ0) is 30.0. The summed E-state index contributed by atoms with van der Waals surface area (Å²) in [5, 5.41) is 7.65. The van der Waals surface area contributed by atoms with Crippen LogP contribution in [0, 0.1) is 18.6 Å². The lowest BCUT2D eigenvalue weighted by Gasteiger charge is -2.31. The van der Waals surface area contributed by atoms with Gasteiger partial charge in [0.1, 0.15) is 23.4 Å². The van der Waals surface area contributed by atoms with E-state index < -0.39 is 21.7 Å². The summed E-state index contributed by atoms with van der Waals surface area (Å²) >= 11 is 0. The Morgan fingerprint density at radius 3 is 2.67 bits per heavy atom. The van der Waals surface area contributed by atoms with Crippen LogP contribution in [0.3, 0.4) is 0 Å². The summed E-state index contributed by atoms with van der Waals surface area (Å²) in [6.07, 6.45) is 0. The number of aryl methyl sites for hydroxylation is 1. The predicted molar refractivity (Wildman–Crippen MR) is 153 cm³/mol. The highest BCUT2D eigenvalue weighted by Crippen LogP contribution is 2.35. The lowest BCUT2D eigenvalue weighted by molar-refractivity contribution is -0.131. The number of rotatable bonds is 9. The van der Waals surface area contributed by atoms with Crippen LogP contribution in [0.5, 0.6) is 5.75 Å². The lowest BCUT2D eigenvalue weighted by atomic mass is 10.1. The van der Waals surface area contributed by atoms with Crippen molar-refractivity contribution >= 4 is 32.7 Å². The van der Waals surface area contributed by atoms with Gasteiger partial charge in [-0.2, -0.15) is 5.10 Å². The number of likely N-dealkylation sites (N-methyl/N-ethyl adjacent to an activating group) is 1. The summed E-state index contributed by atoms with van der Waals surface area (Å²) in [5.41, 5.74) is 2.21. The van der Waals surface area contributed by atoms with Gasteiger partial charge in [0.2, 0.25) is 5.91 Å². The first-order chi connectivity index (χ1) is 20.1. The smallest absolute Gasteiger partial charge is 0.263 e. The first kappa shape index (κ1) is 29.4. The van der Waals surface area contributed by atoms with Crippen molar-refractivity contribution in [2.45, 2.75) is 31.0 Å². The fraction of sp³-hybridized carbons (Fsp3) is 0.310. The second kappa shape index (κ2) is 12.0. The normalized spacial score (nSPS) is 16.0. The number of halogens is 2. The van der Waals surface area contributed by atoms with Crippen molar-refractivity contribution in [1.29, 1.82) is 0 Å². The number of carbonyl (C=O) groups excluding carboxylic acids is 1. The molecule has 42 heavy (non-hydrogen) atoms. The minimum Gasteiger partial charge on any atom is -0.496 e. The van der Waals surface area contributed by atoms with E-state index in [2.05, 4.69) is 15.1 Å². The van der Waals surface area contributed by atoms with Gasteiger partial charge in [-0.15, -0.1) is 0 Å². The van der Waals surface area contributed by atoms with Crippen LogP contribution in [0.4, 0.5) is 14.6 Å². The van der Waals surface area contributed by atoms with Crippen LogP contribution in [-0.2, 0) is 32.6 Å². The first-order valence-corrected chi connectivity index (χ1v) is 14.7. The van der Waals surface area contributed by atoms with Crippen molar-refractivity contribution < 1.29 is 31.5 Å². The molecular formula is C29H31F2N5O5S. The van der Waals surface area contributed by atoms with E-state index in [1.54, 1.807) is 0 Å². The monoisotopic (exact) mass is 599 g/mol. The summed E-state index contributed by atoms with van der Waals surface area (Å²) in [4.78, 5) is 14.3. The molecule has 222 valence electrons. The van der Waals surface area contributed by atoms with Gasteiger partial charge in [0.15, 0.2) is 5.82 Å². The molecule has 1 amide bonds. The van der Waals surface area contributed by atoms with Crippen LogP contribution >= 0.6 is 0 Å². The quantitative estimate of drug-likeness (QED) is 0.303. The van der Waals surface area contributed by atoms with Crippen molar-refractivity contribution in [3.63, 3.8) is 0 Å². The van der Waals surface area contributed by atoms with Crippen molar-refractivity contribution in [3.8, 4) is 5.75 Å². The van der Waals surface area contributed by atoms with Crippen LogP contribution in [0.1, 0.15) is 16.7 Å². The third-order valence-corrected chi connectivity index (χ3v) is 8.51. The average Bonchev–Trinajstić information content (AvgIpc) is 3.28. The van der Waals surface area contributed by atoms with E-state index in [1.165, 1.54) is 36.9 Å². The Morgan fingerprint density at radius 1 is 1.14 bits per heavy atom. The molecule has 10 nitrogen and oxygen atoms in total. The van der Waals surface area contributed by atoms with Crippen LogP contribution in [-0.4, -0.2) is 69.0 Å². The maximum Gasteiger partial charge on any atom is 0.263 e. The third kappa shape index (κ3) is 6.22. The Bertz CT molecular complexity index is 1740. The largest absolute Gasteiger partial charge is 0.496 e. The minimum absolute atomic E-state index is 0.0807. The molecule has 1 aromatic heterocycles. The molecule has 13 heteroatoms. The molecule has 2 N–H and O–H groups in total. The number of nitrogens with one attached hydrogen (secondary N) is 2. The molecule has 1 aliphatic rings. The van der Waals surface area contributed by atoms with Crippen molar-refractivity contribution in [2.24, 2.45) is 0 Å². The molecule has 0 saturated carbocycles. The highest BCUT2D eigenvalue weighted by molar-refractivity contribution is 7.92. The number of sulfonamides is 1. The van der Waals surface area contributed by atoms with Gasteiger partial charge in [0.05, 0.1) is 42.7 Å². The molecule has 4 aromatic rings. The molecule has 2 heterocycles. The fourth-order valence-electron chi connectivity index (χ4n) is 4.79. The summed E-state index contributed by atoms with van der Waals surface area (Å²) < 4.78 is 69.7. The summed E-state index contributed by atoms with van der Waals surface area (Å²) in [5.74, 6) is -1.40. The van der Waals surface area contributed by atoms with Gasteiger partial charge in [-0.05, 0) is 42.8 Å². The summed E-state index contributed by atoms with van der Waals surface area (Å²) in [7, 11) is -1.02. The molecule has 0 bridgehead atoms. The third-order valence-electron chi connectivity index (χ3n) is 7.18. The highest BCUT2D eigenvalue weighted by atomic mass is 32.2. The number of methoxy groups -OCH3 is 1. The van der Waals surface area contributed by atoms with Gasteiger partial charge in [-0.3, -0.25) is 19.1 Å². The predicted octanol–water partition coefficient (Wildman–Crippen LogP) is 3.43. The minimum atomic E-state index is -4.24. The van der Waals surface area contributed by atoms with Crippen LogP contribution in [0.25, 0.3) is 10.9 Å². The highest BCUT2D eigenvalue weighted by Gasteiger charge is 2.26. The van der Waals surface area contributed by atoms with Gasteiger partial charge in [0.25, 0.3) is 10.0 Å². The Morgan fingerprint density at radius 2 is 1.93 bits per heavy atom. The van der Waals surface area contributed by atoms with E-state index in [0.29, 0.717) is 30.8 Å². The van der Waals surface area contributed by atoms with Crippen molar-refractivity contribution in [3.05, 3.63) is 82.9 Å². The molecular weight excluding hydrogens is 568 g/mol. The van der Waals surface area contributed by atoms with E-state index in [1.807, 2.05) is 36.2 Å². The van der Waals surface area contributed by atoms with E-state index >= 15 is 0 Å². The number of anilines is 1. The molecule has 1 aliphatic heterocycles. The van der Waals surface area contributed by atoms with Crippen molar-refractivity contribution in [1.82, 2.24) is 20.0 Å². The maximum atomic E-state index is 14.6. The molecule has 1 atom stereocenters. The Hall–Kier alpha value is -4.07. The second-order valence-electron chi connectivity index (χ2n) is 10.1. The van der Waals surface area contributed by atoms with E-state index in [0.717, 1.165) is 23.3 Å². The van der Waals surface area contributed by atoms with Gasteiger partial charge in [-0.25, -0.2) is 17.2 Å². The van der Waals surface area contributed by atoms with Crippen LogP contribution < -0.4 is 14.8 Å². The number of carbonyl (C=O) groups is 1. The van der Waals surface area contributed by atoms with Crippen LogP contribution in [0.2, 0.25) is 0 Å². The van der Waals surface area contributed by atoms with Crippen LogP contribution in [0.15, 0.2) is 59.5 Å². The summed E-state index contributed by atoms with van der Waals surface area (Å²) in [6, 6.07) is 13.0. The zero-order valence-electron chi connectivity index (χ0n) is 23.4. The Kier molecular flexibility index (Phi) is 8.43.